The highest BCUT2D eigenvalue weighted by atomic mass is 35.5. The van der Waals surface area contributed by atoms with Gasteiger partial charge in [0.05, 0.1) is 5.60 Å². The van der Waals surface area contributed by atoms with Crippen molar-refractivity contribution in [2.45, 2.75) is 18.9 Å². The number of ether oxygens (including phenoxy) is 1. The Morgan fingerprint density at radius 3 is 2.77 bits per heavy atom. The van der Waals surface area contributed by atoms with Crippen LogP contribution in [0.4, 0.5) is 0 Å². The monoisotopic (exact) mass is 209 g/mol. The highest BCUT2D eigenvalue weighted by Crippen LogP contribution is 2.07. The van der Waals surface area contributed by atoms with Crippen LogP contribution in [0.5, 0.6) is 0 Å². The summed E-state index contributed by atoms with van der Waals surface area (Å²) in [7, 11) is 1.56. The van der Waals surface area contributed by atoms with Gasteiger partial charge in [0.25, 0.3) is 0 Å². The molecule has 0 saturated carbocycles. The molecule has 0 rings (SSSR count). The fourth-order valence-corrected chi connectivity index (χ4v) is 0.841. The molecule has 5 heteroatoms. The van der Waals surface area contributed by atoms with Crippen LogP contribution < -0.4 is 5.32 Å². The summed E-state index contributed by atoms with van der Waals surface area (Å²) in [6, 6.07) is 0. The maximum atomic E-state index is 10.7. The average molecular weight is 210 g/mol. The lowest BCUT2D eigenvalue weighted by Gasteiger charge is -2.22. The van der Waals surface area contributed by atoms with E-state index in [2.05, 4.69) is 5.32 Å². The Morgan fingerprint density at radius 2 is 2.31 bits per heavy atom. The summed E-state index contributed by atoms with van der Waals surface area (Å²) in [6.45, 7) is 2.30. The molecule has 78 valence electrons. The molecule has 0 fully saturated rings. The predicted molar refractivity (Wildman–Crippen MR) is 50.8 cm³/mol. The van der Waals surface area contributed by atoms with E-state index in [1.165, 1.54) is 0 Å². The molecule has 0 aromatic heterocycles. The molecule has 0 aliphatic heterocycles. The average Bonchev–Trinajstić information content (AvgIpc) is 2.11. The van der Waals surface area contributed by atoms with Crippen molar-refractivity contribution in [3.05, 3.63) is 0 Å². The van der Waals surface area contributed by atoms with Gasteiger partial charge in [-0.3, -0.25) is 4.79 Å². The second-order valence-corrected chi connectivity index (χ2v) is 3.42. The number of methoxy groups -OCH3 is 1. The van der Waals surface area contributed by atoms with Crippen LogP contribution in [0.15, 0.2) is 0 Å². The van der Waals surface area contributed by atoms with Crippen molar-refractivity contribution in [2.24, 2.45) is 0 Å². The van der Waals surface area contributed by atoms with Crippen molar-refractivity contribution in [1.29, 1.82) is 0 Å². The molecule has 0 aromatic carbocycles. The van der Waals surface area contributed by atoms with Gasteiger partial charge in [0.2, 0.25) is 5.91 Å². The van der Waals surface area contributed by atoms with E-state index in [1.54, 1.807) is 14.0 Å². The Labute approximate surface area is 83.2 Å². The zero-order valence-corrected chi connectivity index (χ0v) is 8.73. The molecular formula is C8H16ClNO3. The maximum Gasteiger partial charge on any atom is 0.235 e. The fraction of sp³-hybridized carbons (Fsp3) is 0.875. The molecule has 1 unspecified atom stereocenters. The lowest BCUT2D eigenvalue weighted by atomic mass is 10.0. The molecule has 13 heavy (non-hydrogen) atoms. The van der Waals surface area contributed by atoms with E-state index in [-0.39, 0.29) is 18.3 Å². The van der Waals surface area contributed by atoms with E-state index >= 15 is 0 Å². The molecular weight excluding hydrogens is 194 g/mol. The third kappa shape index (κ3) is 6.81. The van der Waals surface area contributed by atoms with Crippen LogP contribution in [0.1, 0.15) is 13.3 Å². The van der Waals surface area contributed by atoms with E-state index in [0.717, 1.165) is 0 Å². The topological polar surface area (TPSA) is 58.6 Å². The Hall–Kier alpha value is -0.320. The summed E-state index contributed by atoms with van der Waals surface area (Å²) in [4.78, 5) is 10.7. The summed E-state index contributed by atoms with van der Waals surface area (Å²) < 4.78 is 4.81. The van der Waals surface area contributed by atoms with Gasteiger partial charge in [0.15, 0.2) is 0 Å². The Morgan fingerprint density at radius 1 is 1.69 bits per heavy atom. The number of halogens is 1. The first-order valence-corrected chi connectivity index (χ1v) is 4.59. The van der Waals surface area contributed by atoms with Crippen molar-refractivity contribution in [2.75, 3.05) is 26.1 Å². The molecule has 0 saturated heterocycles. The highest BCUT2D eigenvalue weighted by Gasteiger charge is 2.20. The van der Waals surface area contributed by atoms with Gasteiger partial charge in [-0.2, -0.15) is 0 Å². The van der Waals surface area contributed by atoms with Gasteiger partial charge < -0.3 is 15.2 Å². The minimum Gasteiger partial charge on any atom is -0.388 e. The second-order valence-electron chi connectivity index (χ2n) is 3.15. The number of nitrogens with one attached hydrogen (secondary N) is 1. The van der Waals surface area contributed by atoms with E-state index in [0.29, 0.717) is 13.0 Å². The molecule has 0 radical (unpaired) electrons. The van der Waals surface area contributed by atoms with Crippen molar-refractivity contribution < 1.29 is 14.6 Å². The summed E-state index contributed by atoms with van der Waals surface area (Å²) in [5.74, 6) is -0.361. The number of alkyl halides is 1. The predicted octanol–water partition coefficient (Wildman–Crippen LogP) is 0.129. The van der Waals surface area contributed by atoms with Gasteiger partial charge in [0, 0.05) is 26.7 Å². The minimum absolute atomic E-state index is 0.0830. The fourth-order valence-electron chi connectivity index (χ4n) is 0.747. The lowest BCUT2D eigenvalue weighted by Crippen LogP contribution is -2.41. The third-order valence-corrected chi connectivity index (χ3v) is 1.88. The Balaban J connectivity index is 3.67. The second kappa shape index (κ2) is 6.18. The summed E-state index contributed by atoms with van der Waals surface area (Å²) in [5.41, 5.74) is -0.933. The highest BCUT2D eigenvalue weighted by molar-refractivity contribution is 6.27. The van der Waals surface area contributed by atoms with Crippen LogP contribution >= 0.6 is 11.6 Å². The quantitative estimate of drug-likeness (QED) is 0.612. The van der Waals surface area contributed by atoms with Crippen LogP contribution in [0, 0.1) is 0 Å². The molecule has 1 atom stereocenters. The zero-order valence-electron chi connectivity index (χ0n) is 7.97. The van der Waals surface area contributed by atoms with Gasteiger partial charge in [-0.15, -0.1) is 11.6 Å². The van der Waals surface area contributed by atoms with Crippen LogP contribution in [0.2, 0.25) is 0 Å². The van der Waals surface area contributed by atoms with E-state index in [4.69, 9.17) is 16.3 Å². The van der Waals surface area contributed by atoms with Crippen LogP contribution in [-0.2, 0) is 9.53 Å². The van der Waals surface area contributed by atoms with E-state index in [1.807, 2.05) is 0 Å². The summed E-state index contributed by atoms with van der Waals surface area (Å²) in [5, 5.41) is 12.2. The van der Waals surface area contributed by atoms with Crippen molar-refractivity contribution in [1.82, 2.24) is 5.32 Å². The van der Waals surface area contributed by atoms with Crippen LogP contribution in [-0.4, -0.2) is 42.8 Å². The smallest absolute Gasteiger partial charge is 0.235 e. The van der Waals surface area contributed by atoms with Gasteiger partial charge in [0.1, 0.15) is 5.88 Å². The van der Waals surface area contributed by atoms with Gasteiger partial charge >= 0.3 is 0 Å². The molecule has 2 N–H and O–H groups in total. The molecule has 4 nitrogen and oxygen atoms in total. The Kier molecular flexibility index (Phi) is 6.03. The third-order valence-electron chi connectivity index (χ3n) is 1.63. The normalized spacial score (nSPS) is 15.1. The first-order chi connectivity index (χ1) is 6.02. The number of carbonyl (C=O) groups is 1. The minimum atomic E-state index is -0.933. The number of aliphatic hydroxyl groups is 1. The van der Waals surface area contributed by atoms with E-state index in [9.17, 15) is 9.90 Å². The van der Waals surface area contributed by atoms with Gasteiger partial charge in [-0.25, -0.2) is 0 Å². The van der Waals surface area contributed by atoms with Crippen molar-refractivity contribution in [3.63, 3.8) is 0 Å². The summed E-state index contributed by atoms with van der Waals surface area (Å²) in [6.07, 6.45) is 0.478. The number of hydrogen-bond donors (Lipinski definition) is 2. The standard InChI is InChI=1S/C8H16ClNO3/c1-8(12,3-4-13-2)6-10-7(11)5-9/h12H,3-6H2,1-2H3,(H,10,11). The Bertz CT molecular complexity index is 161. The zero-order chi connectivity index (χ0) is 10.3. The summed E-state index contributed by atoms with van der Waals surface area (Å²) >= 11 is 5.27. The van der Waals surface area contributed by atoms with Crippen LogP contribution in [0.25, 0.3) is 0 Å². The first kappa shape index (κ1) is 12.7. The number of carbonyl (C=O) groups excluding carboxylic acids is 1. The molecule has 0 aliphatic carbocycles. The number of rotatable bonds is 6. The van der Waals surface area contributed by atoms with Crippen molar-refractivity contribution in [3.8, 4) is 0 Å². The van der Waals surface area contributed by atoms with Gasteiger partial charge in [-0.05, 0) is 6.92 Å². The molecule has 0 aromatic rings. The SMILES string of the molecule is COCCC(C)(O)CNC(=O)CCl. The van der Waals surface area contributed by atoms with E-state index < -0.39 is 5.60 Å². The molecule has 0 spiro atoms. The molecule has 1 amide bonds. The van der Waals surface area contributed by atoms with Gasteiger partial charge in [-0.1, -0.05) is 0 Å². The lowest BCUT2D eigenvalue weighted by molar-refractivity contribution is -0.120. The van der Waals surface area contributed by atoms with Crippen molar-refractivity contribution >= 4 is 17.5 Å². The maximum absolute atomic E-state index is 10.7. The number of hydrogen-bond acceptors (Lipinski definition) is 3. The molecule has 0 bridgehead atoms. The number of amides is 1. The first-order valence-electron chi connectivity index (χ1n) is 4.06. The molecule has 0 aliphatic rings. The molecule has 0 heterocycles. The largest absolute Gasteiger partial charge is 0.388 e. The van der Waals surface area contributed by atoms with Crippen LogP contribution in [0.3, 0.4) is 0 Å².